The predicted octanol–water partition coefficient (Wildman–Crippen LogP) is 5.08. The van der Waals surface area contributed by atoms with Crippen LogP contribution in [0.25, 0.3) is 0 Å². The first-order valence-electron chi connectivity index (χ1n) is 5.66. The molecular weight excluding hydrogens is 414 g/mol. The molecule has 0 heterocycles. The third-order valence-corrected chi connectivity index (χ3v) is 4.03. The van der Waals surface area contributed by atoms with E-state index in [0.717, 1.165) is 5.56 Å². The van der Waals surface area contributed by atoms with Crippen molar-refractivity contribution in [2.75, 3.05) is 0 Å². The van der Waals surface area contributed by atoms with Crippen LogP contribution in [0.2, 0.25) is 5.02 Å². The zero-order chi connectivity index (χ0) is 14.7. The summed E-state index contributed by atoms with van der Waals surface area (Å²) < 4.78 is 20.6. The average Bonchev–Trinajstić information content (AvgIpc) is 2.41. The minimum atomic E-state index is -0.367. The summed E-state index contributed by atoms with van der Waals surface area (Å²) in [6.07, 6.45) is 0. The maximum Gasteiger partial charge on any atom is 0.148 e. The lowest BCUT2D eigenvalue weighted by atomic mass is 10.2. The summed E-state index contributed by atoms with van der Waals surface area (Å²) in [6, 6.07) is 7.81. The minimum absolute atomic E-state index is 0.0576. The predicted molar refractivity (Wildman–Crippen MR) is 83.5 cm³/mol. The van der Waals surface area contributed by atoms with Crippen molar-refractivity contribution >= 4 is 43.5 Å². The molecule has 2 aromatic carbocycles. The Hall–Kier alpha value is -0.620. The van der Waals surface area contributed by atoms with Gasteiger partial charge in [0, 0.05) is 10.6 Å². The van der Waals surface area contributed by atoms with Crippen LogP contribution in [0.4, 0.5) is 4.39 Å². The van der Waals surface area contributed by atoms with Crippen molar-refractivity contribution in [3.05, 3.63) is 61.2 Å². The van der Waals surface area contributed by atoms with Crippen LogP contribution in [-0.4, -0.2) is 5.11 Å². The van der Waals surface area contributed by atoms with E-state index in [-0.39, 0.29) is 19.0 Å². The first-order chi connectivity index (χ1) is 9.51. The SMILES string of the molecule is OCc1cc(Br)c(OCc2cc(Cl)ccc2F)c(Br)c1. The number of rotatable bonds is 4. The highest BCUT2D eigenvalue weighted by atomic mass is 79.9. The molecule has 2 aromatic rings. The molecule has 0 spiro atoms. The summed E-state index contributed by atoms with van der Waals surface area (Å²) in [5.41, 5.74) is 1.12. The molecule has 0 aliphatic rings. The van der Waals surface area contributed by atoms with Crippen molar-refractivity contribution in [2.45, 2.75) is 13.2 Å². The fourth-order valence-corrected chi connectivity index (χ4v) is 3.35. The molecule has 0 amide bonds. The van der Waals surface area contributed by atoms with E-state index >= 15 is 0 Å². The maximum atomic E-state index is 13.6. The summed E-state index contributed by atoms with van der Waals surface area (Å²) in [6.45, 7) is -0.0114. The lowest BCUT2D eigenvalue weighted by molar-refractivity contribution is 0.279. The Morgan fingerprint density at radius 1 is 1.15 bits per heavy atom. The second kappa shape index (κ2) is 6.89. The molecule has 0 fully saturated rings. The van der Waals surface area contributed by atoms with Crippen LogP contribution < -0.4 is 4.74 Å². The molecule has 0 aliphatic carbocycles. The molecule has 20 heavy (non-hydrogen) atoms. The van der Waals surface area contributed by atoms with E-state index in [0.29, 0.717) is 25.3 Å². The molecule has 0 radical (unpaired) electrons. The van der Waals surface area contributed by atoms with Gasteiger partial charge in [-0.1, -0.05) is 11.6 Å². The molecule has 0 saturated heterocycles. The molecule has 0 bridgehead atoms. The number of halogens is 4. The first-order valence-corrected chi connectivity index (χ1v) is 7.63. The van der Waals surface area contributed by atoms with Crippen molar-refractivity contribution in [1.82, 2.24) is 0 Å². The monoisotopic (exact) mass is 422 g/mol. The zero-order valence-corrected chi connectivity index (χ0v) is 14.1. The standard InChI is InChI=1S/C14H10Br2ClFO2/c15-11-3-8(6-19)4-12(16)14(11)20-7-9-5-10(17)1-2-13(9)18/h1-5,19H,6-7H2. The lowest BCUT2D eigenvalue weighted by Gasteiger charge is -2.12. The quantitative estimate of drug-likeness (QED) is 0.742. The van der Waals surface area contributed by atoms with Gasteiger partial charge < -0.3 is 9.84 Å². The van der Waals surface area contributed by atoms with Gasteiger partial charge in [0.1, 0.15) is 18.2 Å². The average molecular weight is 424 g/mol. The van der Waals surface area contributed by atoms with Gasteiger partial charge in [0.25, 0.3) is 0 Å². The summed E-state index contributed by atoms with van der Waals surface area (Å²) in [7, 11) is 0. The summed E-state index contributed by atoms with van der Waals surface area (Å²) in [5.74, 6) is 0.176. The molecule has 2 nitrogen and oxygen atoms in total. The Labute approximate surface area is 137 Å². The topological polar surface area (TPSA) is 29.5 Å². The molecule has 2 rings (SSSR count). The lowest BCUT2D eigenvalue weighted by Crippen LogP contribution is -2.00. The van der Waals surface area contributed by atoms with E-state index in [9.17, 15) is 4.39 Å². The number of aliphatic hydroxyl groups excluding tert-OH is 1. The van der Waals surface area contributed by atoms with Crippen molar-refractivity contribution in [3.63, 3.8) is 0 Å². The number of hydrogen-bond donors (Lipinski definition) is 1. The van der Waals surface area contributed by atoms with Gasteiger partial charge in [-0.05, 0) is 67.8 Å². The highest BCUT2D eigenvalue weighted by Crippen LogP contribution is 2.35. The van der Waals surface area contributed by atoms with Gasteiger partial charge in [-0.25, -0.2) is 4.39 Å². The minimum Gasteiger partial charge on any atom is -0.486 e. The van der Waals surface area contributed by atoms with E-state index in [1.165, 1.54) is 18.2 Å². The molecule has 0 aromatic heterocycles. The Kier molecular flexibility index (Phi) is 5.43. The fourth-order valence-electron chi connectivity index (χ4n) is 1.65. The first kappa shape index (κ1) is 15.8. The second-order valence-electron chi connectivity index (χ2n) is 4.07. The summed E-state index contributed by atoms with van der Waals surface area (Å²) in [4.78, 5) is 0. The highest BCUT2D eigenvalue weighted by molar-refractivity contribution is 9.11. The molecule has 0 saturated carbocycles. The van der Waals surface area contributed by atoms with Gasteiger partial charge in [-0.15, -0.1) is 0 Å². The van der Waals surface area contributed by atoms with Gasteiger partial charge in [0.2, 0.25) is 0 Å². The van der Waals surface area contributed by atoms with Gasteiger partial charge in [0.15, 0.2) is 0 Å². The van der Waals surface area contributed by atoms with Crippen molar-refractivity contribution in [3.8, 4) is 5.75 Å². The number of aliphatic hydroxyl groups is 1. The van der Waals surface area contributed by atoms with Crippen LogP contribution in [-0.2, 0) is 13.2 Å². The maximum absolute atomic E-state index is 13.6. The van der Waals surface area contributed by atoms with Crippen molar-refractivity contribution in [2.24, 2.45) is 0 Å². The normalized spacial score (nSPS) is 10.7. The van der Waals surface area contributed by atoms with Gasteiger partial charge >= 0.3 is 0 Å². The van der Waals surface area contributed by atoms with Crippen LogP contribution in [0, 0.1) is 5.82 Å². The van der Waals surface area contributed by atoms with Crippen LogP contribution >= 0.6 is 43.5 Å². The molecule has 6 heteroatoms. The Balaban J connectivity index is 2.21. The molecular formula is C14H10Br2ClFO2. The molecule has 1 N–H and O–H groups in total. The van der Waals surface area contributed by atoms with Gasteiger partial charge in [0.05, 0.1) is 15.6 Å². The van der Waals surface area contributed by atoms with Crippen LogP contribution in [0.3, 0.4) is 0 Å². The fraction of sp³-hybridized carbons (Fsp3) is 0.143. The molecule has 106 valence electrons. The third kappa shape index (κ3) is 3.73. The van der Waals surface area contributed by atoms with Crippen LogP contribution in [0.1, 0.15) is 11.1 Å². The van der Waals surface area contributed by atoms with E-state index in [2.05, 4.69) is 31.9 Å². The largest absolute Gasteiger partial charge is 0.486 e. The van der Waals surface area contributed by atoms with E-state index in [1.54, 1.807) is 12.1 Å². The summed E-state index contributed by atoms with van der Waals surface area (Å²) >= 11 is 12.6. The van der Waals surface area contributed by atoms with E-state index in [4.69, 9.17) is 21.4 Å². The second-order valence-corrected chi connectivity index (χ2v) is 6.22. The molecule has 0 aliphatic heterocycles. The van der Waals surface area contributed by atoms with Gasteiger partial charge in [-0.3, -0.25) is 0 Å². The number of hydrogen-bond acceptors (Lipinski definition) is 2. The van der Waals surface area contributed by atoms with E-state index < -0.39 is 0 Å². The van der Waals surface area contributed by atoms with E-state index in [1.807, 2.05) is 0 Å². The van der Waals surface area contributed by atoms with Crippen LogP contribution in [0.15, 0.2) is 39.3 Å². The number of benzene rings is 2. The van der Waals surface area contributed by atoms with Crippen molar-refractivity contribution < 1.29 is 14.2 Å². The highest BCUT2D eigenvalue weighted by Gasteiger charge is 2.11. The summed E-state index contributed by atoms with van der Waals surface area (Å²) in [5, 5.41) is 9.56. The number of ether oxygens (including phenoxy) is 1. The zero-order valence-electron chi connectivity index (χ0n) is 10.2. The molecule has 0 atom stereocenters. The van der Waals surface area contributed by atoms with Crippen molar-refractivity contribution in [1.29, 1.82) is 0 Å². The van der Waals surface area contributed by atoms with Crippen LogP contribution in [0.5, 0.6) is 5.75 Å². The third-order valence-electron chi connectivity index (χ3n) is 2.62. The Morgan fingerprint density at radius 2 is 1.80 bits per heavy atom. The smallest absolute Gasteiger partial charge is 0.148 e. The molecule has 0 unspecified atom stereocenters. The Morgan fingerprint density at radius 3 is 2.40 bits per heavy atom. The van der Waals surface area contributed by atoms with Gasteiger partial charge in [-0.2, -0.15) is 0 Å². The Bertz CT molecular complexity index is 612.